The van der Waals surface area contributed by atoms with Crippen molar-refractivity contribution in [2.75, 3.05) is 7.05 Å². The second-order valence-electron chi connectivity index (χ2n) is 6.89. The molecule has 2 aromatic rings. The van der Waals surface area contributed by atoms with Gasteiger partial charge >= 0.3 is 0 Å². The minimum Gasteiger partial charge on any atom is -0.354 e. The van der Waals surface area contributed by atoms with Gasteiger partial charge in [-0.25, -0.2) is 0 Å². The Morgan fingerprint density at radius 2 is 1.78 bits per heavy atom. The lowest BCUT2D eigenvalue weighted by atomic mass is 9.96. The number of nitrogens with zero attached hydrogens (tertiary/aromatic N) is 2. The second-order valence-corrected chi connectivity index (χ2v) is 6.89. The van der Waals surface area contributed by atoms with E-state index in [1.807, 2.05) is 19.3 Å². The van der Waals surface area contributed by atoms with E-state index in [4.69, 9.17) is 0 Å². The zero-order valence-electron chi connectivity index (χ0n) is 15.9. The van der Waals surface area contributed by atoms with Crippen LogP contribution in [0.3, 0.4) is 0 Å². The first-order valence-corrected chi connectivity index (χ1v) is 9.45. The molecule has 146 valence electrons. The van der Waals surface area contributed by atoms with Crippen molar-refractivity contribution in [2.45, 2.75) is 51.2 Å². The molecule has 1 saturated carbocycles. The maximum Gasteiger partial charge on any atom is 0.250 e. The quantitative estimate of drug-likeness (QED) is 0.391. The molecule has 0 unspecified atom stereocenters. The van der Waals surface area contributed by atoms with Crippen LogP contribution in [0.2, 0.25) is 0 Å². The molecule has 2 N–H and O–H groups in total. The Balaban J connectivity index is 0.00000261. The third kappa shape index (κ3) is 6.68. The molecule has 1 aromatic heterocycles. The van der Waals surface area contributed by atoms with E-state index in [0.717, 1.165) is 18.1 Å². The summed E-state index contributed by atoms with van der Waals surface area (Å²) in [6.45, 7) is 1.33. The first-order valence-electron chi connectivity index (χ1n) is 9.45. The summed E-state index contributed by atoms with van der Waals surface area (Å²) in [4.78, 5) is 16.1. The summed E-state index contributed by atoms with van der Waals surface area (Å²) in [5.41, 5.74) is 2.34. The van der Waals surface area contributed by atoms with Crippen molar-refractivity contribution in [2.24, 2.45) is 4.99 Å². The fourth-order valence-electron chi connectivity index (χ4n) is 3.37. The number of aromatic nitrogens is 1. The first kappa shape index (κ1) is 21.5. The Morgan fingerprint density at radius 3 is 2.44 bits per heavy atom. The molecule has 0 radical (unpaired) electrons. The van der Waals surface area contributed by atoms with Gasteiger partial charge in [0, 0.05) is 31.9 Å². The van der Waals surface area contributed by atoms with Gasteiger partial charge in [-0.05, 0) is 30.0 Å². The van der Waals surface area contributed by atoms with Gasteiger partial charge in [-0.3, -0.25) is 9.79 Å². The summed E-state index contributed by atoms with van der Waals surface area (Å²) in [6, 6.07) is 14.1. The Morgan fingerprint density at radius 1 is 1.07 bits per heavy atom. The van der Waals surface area contributed by atoms with Crippen molar-refractivity contribution >= 4 is 29.9 Å². The summed E-state index contributed by atoms with van der Waals surface area (Å²) >= 11 is 0. The summed E-state index contributed by atoms with van der Waals surface area (Å²) in [7, 11) is 1.82. The smallest absolute Gasteiger partial charge is 0.250 e. The molecule has 1 heterocycles. The number of hydrogen-bond acceptors (Lipinski definition) is 2. The third-order valence-corrected chi connectivity index (χ3v) is 4.90. The van der Waals surface area contributed by atoms with Gasteiger partial charge in [0.25, 0.3) is 5.56 Å². The molecular weight excluding hydrogens is 451 g/mol. The highest BCUT2D eigenvalue weighted by atomic mass is 127. The second kappa shape index (κ2) is 11.1. The van der Waals surface area contributed by atoms with Gasteiger partial charge in [-0.2, -0.15) is 0 Å². The van der Waals surface area contributed by atoms with E-state index in [-0.39, 0.29) is 29.5 Å². The average molecular weight is 480 g/mol. The van der Waals surface area contributed by atoms with E-state index in [0.29, 0.717) is 12.6 Å². The molecule has 3 rings (SSSR count). The number of rotatable bonds is 5. The highest BCUT2D eigenvalue weighted by Gasteiger charge is 2.14. The lowest BCUT2D eigenvalue weighted by Crippen LogP contribution is -2.43. The van der Waals surface area contributed by atoms with Crippen LogP contribution in [0.5, 0.6) is 0 Å². The van der Waals surface area contributed by atoms with E-state index >= 15 is 0 Å². The van der Waals surface area contributed by atoms with Crippen LogP contribution in [-0.2, 0) is 13.1 Å². The van der Waals surface area contributed by atoms with Crippen molar-refractivity contribution in [3.05, 3.63) is 70.1 Å². The Hall–Kier alpha value is -1.83. The van der Waals surface area contributed by atoms with Crippen molar-refractivity contribution in [3.63, 3.8) is 0 Å². The molecule has 1 aliphatic carbocycles. The van der Waals surface area contributed by atoms with Gasteiger partial charge < -0.3 is 15.2 Å². The fourth-order valence-corrected chi connectivity index (χ4v) is 3.37. The average Bonchev–Trinajstić information content (AvgIpc) is 2.69. The number of pyridine rings is 1. The van der Waals surface area contributed by atoms with E-state index in [2.05, 4.69) is 39.9 Å². The van der Waals surface area contributed by atoms with Crippen LogP contribution >= 0.6 is 24.0 Å². The molecule has 0 bridgehead atoms. The standard InChI is InChI=1S/C21H28N4O.HI/c1-22-21(24-19-7-3-2-4-8-19)23-15-17-10-12-18(13-11-17)16-25-14-6-5-9-20(25)26;/h5-6,9-14,19H,2-4,7-8,15-16H2,1H3,(H2,22,23,24);1H. The Bertz CT molecular complexity index is 779. The van der Waals surface area contributed by atoms with Crippen molar-refractivity contribution in [3.8, 4) is 0 Å². The molecule has 1 fully saturated rings. The molecule has 0 saturated heterocycles. The van der Waals surface area contributed by atoms with E-state index < -0.39 is 0 Å². The summed E-state index contributed by atoms with van der Waals surface area (Å²) < 4.78 is 1.71. The Kier molecular flexibility index (Phi) is 8.84. The molecule has 27 heavy (non-hydrogen) atoms. The molecule has 1 aliphatic rings. The lowest BCUT2D eigenvalue weighted by molar-refractivity contribution is 0.410. The van der Waals surface area contributed by atoms with Gasteiger partial charge in [0.1, 0.15) is 0 Å². The number of guanidine groups is 1. The van der Waals surface area contributed by atoms with Crippen LogP contribution in [0.25, 0.3) is 0 Å². The van der Waals surface area contributed by atoms with Gasteiger partial charge in [-0.15, -0.1) is 24.0 Å². The van der Waals surface area contributed by atoms with Crippen LogP contribution in [-0.4, -0.2) is 23.6 Å². The lowest BCUT2D eigenvalue weighted by Gasteiger charge is -2.24. The fraction of sp³-hybridized carbons (Fsp3) is 0.429. The highest BCUT2D eigenvalue weighted by Crippen LogP contribution is 2.17. The molecule has 6 heteroatoms. The van der Waals surface area contributed by atoms with Gasteiger partial charge in [0.05, 0.1) is 6.54 Å². The third-order valence-electron chi connectivity index (χ3n) is 4.90. The Labute approximate surface area is 178 Å². The number of aliphatic imine (C=N–C) groups is 1. The van der Waals surface area contributed by atoms with E-state index in [1.165, 1.54) is 37.7 Å². The van der Waals surface area contributed by atoms with Crippen LogP contribution in [0.4, 0.5) is 0 Å². The zero-order chi connectivity index (χ0) is 18.2. The van der Waals surface area contributed by atoms with Crippen LogP contribution in [0.1, 0.15) is 43.2 Å². The molecule has 0 amide bonds. The predicted molar refractivity (Wildman–Crippen MR) is 122 cm³/mol. The number of hydrogen-bond donors (Lipinski definition) is 2. The molecule has 0 aliphatic heterocycles. The topological polar surface area (TPSA) is 58.4 Å². The normalized spacial score (nSPS) is 15.1. The van der Waals surface area contributed by atoms with Crippen molar-refractivity contribution in [1.82, 2.24) is 15.2 Å². The van der Waals surface area contributed by atoms with E-state index in [1.54, 1.807) is 16.7 Å². The van der Waals surface area contributed by atoms with Gasteiger partial charge in [-0.1, -0.05) is 49.6 Å². The number of nitrogens with one attached hydrogen (secondary N) is 2. The van der Waals surface area contributed by atoms with Gasteiger partial charge in [0.2, 0.25) is 0 Å². The summed E-state index contributed by atoms with van der Waals surface area (Å²) in [5, 5.41) is 6.92. The van der Waals surface area contributed by atoms with Crippen LogP contribution in [0.15, 0.2) is 58.4 Å². The molecule has 0 atom stereocenters. The van der Waals surface area contributed by atoms with Crippen LogP contribution in [0, 0.1) is 0 Å². The predicted octanol–water partition coefficient (Wildman–Crippen LogP) is 3.51. The molecular formula is C21H29IN4O. The largest absolute Gasteiger partial charge is 0.354 e. The molecule has 1 aromatic carbocycles. The summed E-state index contributed by atoms with van der Waals surface area (Å²) in [5.74, 6) is 0.872. The minimum absolute atomic E-state index is 0. The summed E-state index contributed by atoms with van der Waals surface area (Å²) in [6.07, 6.45) is 8.24. The maximum absolute atomic E-state index is 11.8. The maximum atomic E-state index is 11.8. The minimum atomic E-state index is 0. The number of benzene rings is 1. The highest BCUT2D eigenvalue weighted by molar-refractivity contribution is 14.0. The monoisotopic (exact) mass is 480 g/mol. The number of halogens is 1. The SMILES string of the molecule is CN=C(NCc1ccc(Cn2ccccc2=O)cc1)NC1CCCCC1.I. The zero-order valence-corrected chi connectivity index (χ0v) is 18.2. The van der Waals surface area contributed by atoms with Crippen molar-refractivity contribution < 1.29 is 0 Å². The first-order chi connectivity index (χ1) is 12.7. The molecule has 5 nitrogen and oxygen atoms in total. The van der Waals surface area contributed by atoms with Gasteiger partial charge in [0.15, 0.2) is 5.96 Å². The van der Waals surface area contributed by atoms with Crippen molar-refractivity contribution in [1.29, 1.82) is 0 Å². The van der Waals surface area contributed by atoms with Crippen LogP contribution < -0.4 is 16.2 Å². The molecule has 0 spiro atoms. The van der Waals surface area contributed by atoms with E-state index in [9.17, 15) is 4.79 Å².